The number of nitrogens with zero attached hydrogens (tertiary/aromatic N) is 1. The van der Waals surface area contributed by atoms with E-state index in [-0.39, 0.29) is 5.91 Å². The van der Waals surface area contributed by atoms with Crippen LogP contribution in [-0.2, 0) is 9.59 Å². The van der Waals surface area contributed by atoms with Gasteiger partial charge in [0.05, 0.1) is 5.41 Å². The first-order valence-electron chi connectivity index (χ1n) is 4.64. The van der Waals surface area contributed by atoms with Crippen molar-refractivity contribution in [1.82, 2.24) is 4.90 Å². The third-order valence-corrected chi connectivity index (χ3v) is 2.92. The van der Waals surface area contributed by atoms with Gasteiger partial charge >= 0.3 is 5.97 Å². The Morgan fingerprint density at radius 1 is 1.43 bits per heavy atom. The minimum absolute atomic E-state index is 0.00745. The van der Waals surface area contributed by atoms with E-state index >= 15 is 0 Å². The lowest BCUT2D eigenvalue weighted by Gasteiger charge is -2.36. The van der Waals surface area contributed by atoms with Crippen molar-refractivity contribution < 1.29 is 14.7 Å². The maximum Gasteiger partial charge on any atom is 0.313 e. The number of hydrogen-bond acceptors (Lipinski definition) is 2. The normalized spacial score (nSPS) is 20.2. The Balaban J connectivity index is 2.68. The van der Waals surface area contributed by atoms with Gasteiger partial charge in [0.2, 0.25) is 5.91 Å². The van der Waals surface area contributed by atoms with Crippen molar-refractivity contribution in [2.45, 2.75) is 19.8 Å². The molecule has 0 spiro atoms. The summed E-state index contributed by atoms with van der Waals surface area (Å²) in [4.78, 5) is 23.7. The predicted octanol–water partition coefficient (Wildman–Crippen LogP) is 0.886. The summed E-state index contributed by atoms with van der Waals surface area (Å²) in [6.45, 7) is 6.08. The molecule has 1 rings (SSSR count). The molecule has 4 nitrogen and oxygen atoms in total. The van der Waals surface area contributed by atoms with Crippen molar-refractivity contribution in [3.05, 3.63) is 12.7 Å². The lowest BCUT2D eigenvalue weighted by molar-refractivity contribution is -0.150. The van der Waals surface area contributed by atoms with Crippen LogP contribution in [0.3, 0.4) is 0 Å². The molecule has 1 aliphatic rings. The quantitative estimate of drug-likeness (QED) is 0.669. The number of aliphatic carboxylic acids is 1. The van der Waals surface area contributed by atoms with E-state index in [1.54, 1.807) is 4.90 Å². The molecule has 1 fully saturated rings. The van der Waals surface area contributed by atoms with Gasteiger partial charge in [-0.1, -0.05) is 6.08 Å². The maximum absolute atomic E-state index is 11.0. The second kappa shape index (κ2) is 3.82. The van der Waals surface area contributed by atoms with E-state index in [0.717, 1.165) is 0 Å². The van der Waals surface area contributed by atoms with Crippen LogP contribution in [-0.4, -0.2) is 35.0 Å². The summed E-state index contributed by atoms with van der Waals surface area (Å²) < 4.78 is 0. The van der Waals surface area contributed by atoms with Gasteiger partial charge in [-0.05, 0) is 12.8 Å². The fraction of sp³-hybridized carbons (Fsp3) is 0.600. The molecule has 1 heterocycles. The summed E-state index contributed by atoms with van der Waals surface area (Å²) in [5, 5.41) is 9.04. The lowest BCUT2D eigenvalue weighted by Crippen LogP contribution is -2.44. The molecule has 1 saturated heterocycles. The molecule has 0 aromatic carbocycles. The highest BCUT2D eigenvalue weighted by atomic mass is 16.4. The Bertz CT molecular complexity index is 265. The smallest absolute Gasteiger partial charge is 0.313 e. The Morgan fingerprint density at radius 2 is 1.93 bits per heavy atom. The van der Waals surface area contributed by atoms with Crippen molar-refractivity contribution in [3.8, 4) is 0 Å². The summed E-state index contributed by atoms with van der Waals surface area (Å²) in [7, 11) is 0. The zero-order chi connectivity index (χ0) is 10.8. The van der Waals surface area contributed by atoms with E-state index in [1.165, 1.54) is 13.0 Å². The number of rotatable bonds is 2. The van der Waals surface area contributed by atoms with E-state index < -0.39 is 11.4 Å². The van der Waals surface area contributed by atoms with E-state index in [9.17, 15) is 9.59 Å². The minimum Gasteiger partial charge on any atom is -0.481 e. The monoisotopic (exact) mass is 197 g/mol. The number of carboxylic acid groups (broad SMARTS) is 1. The van der Waals surface area contributed by atoms with Gasteiger partial charge in [0, 0.05) is 20.0 Å². The number of piperidine rings is 1. The molecule has 0 unspecified atom stereocenters. The van der Waals surface area contributed by atoms with Gasteiger partial charge in [-0.15, -0.1) is 6.58 Å². The fourth-order valence-corrected chi connectivity index (χ4v) is 1.73. The van der Waals surface area contributed by atoms with Crippen molar-refractivity contribution in [1.29, 1.82) is 0 Å². The Labute approximate surface area is 83.2 Å². The standard InChI is InChI=1S/C10H15NO3/c1-3-10(9(13)14)4-6-11(7-5-10)8(2)12/h3H,1,4-7H2,2H3,(H,13,14). The third-order valence-electron chi connectivity index (χ3n) is 2.92. The van der Waals surface area contributed by atoms with Crippen LogP contribution in [0, 0.1) is 5.41 Å². The zero-order valence-corrected chi connectivity index (χ0v) is 8.32. The topological polar surface area (TPSA) is 57.6 Å². The Hall–Kier alpha value is -1.32. The number of carbonyl (C=O) groups is 2. The SMILES string of the molecule is C=CC1(C(=O)O)CCN(C(C)=O)CC1. The average molecular weight is 197 g/mol. The van der Waals surface area contributed by atoms with Gasteiger partial charge in [-0.25, -0.2) is 0 Å². The highest BCUT2D eigenvalue weighted by Crippen LogP contribution is 2.32. The number of carboxylic acids is 1. The molecular formula is C10H15NO3. The van der Waals surface area contributed by atoms with Crippen molar-refractivity contribution in [3.63, 3.8) is 0 Å². The number of carbonyl (C=O) groups excluding carboxylic acids is 1. The van der Waals surface area contributed by atoms with Crippen LogP contribution >= 0.6 is 0 Å². The fourth-order valence-electron chi connectivity index (χ4n) is 1.73. The lowest BCUT2D eigenvalue weighted by atomic mass is 9.78. The van der Waals surface area contributed by atoms with E-state index in [2.05, 4.69) is 6.58 Å². The van der Waals surface area contributed by atoms with Crippen molar-refractivity contribution >= 4 is 11.9 Å². The summed E-state index contributed by atoms with van der Waals surface area (Å²) in [6.07, 6.45) is 2.42. The number of hydrogen-bond donors (Lipinski definition) is 1. The Morgan fingerprint density at radius 3 is 2.21 bits per heavy atom. The largest absolute Gasteiger partial charge is 0.481 e. The van der Waals surface area contributed by atoms with Gasteiger partial charge in [0.15, 0.2) is 0 Å². The maximum atomic E-state index is 11.0. The van der Waals surface area contributed by atoms with E-state index in [4.69, 9.17) is 5.11 Å². The first kappa shape index (κ1) is 10.8. The van der Waals surface area contributed by atoms with Crippen LogP contribution in [0.4, 0.5) is 0 Å². The zero-order valence-electron chi connectivity index (χ0n) is 8.32. The minimum atomic E-state index is -0.837. The molecule has 78 valence electrons. The van der Waals surface area contributed by atoms with Gasteiger partial charge in [-0.2, -0.15) is 0 Å². The predicted molar refractivity (Wildman–Crippen MR) is 51.8 cm³/mol. The summed E-state index contributed by atoms with van der Waals surface area (Å²) in [5.41, 5.74) is -0.827. The molecule has 0 aromatic rings. The van der Waals surface area contributed by atoms with E-state index in [0.29, 0.717) is 25.9 Å². The van der Waals surface area contributed by atoms with Crippen molar-refractivity contribution in [2.24, 2.45) is 5.41 Å². The Kier molecular flexibility index (Phi) is 2.93. The third kappa shape index (κ3) is 1.78. The molecule has 1 N–H and O–H groups in total. The second-order valence-electron chi connectivity index (χ2n) is 3.67. The molecule has 4 heteroatoms. The molecule has 0 radical (unpaired) electrons. The number of likely N-dealkylation sites (tertiary alicyclic amines) is 1. The van der Waals surface area contributed by atoms with Crippen LogP contribution in [0.2, 0.25) is 0 Å². The highest BCUT2D eigenvalue weighted by molar-refractivity contribution is 5.78. The van der Waals surface area contributed by atoms with Gasteiger partial charge in [-0.3, -0.25) is 9.59 Å². The van der Waals surface area contributed by atoms with E-state index in [1.807, 2.05) is 0 Å². The van der Waals surface area contributed by atoms with Crippen LogP contribution in [0.15, 0.2) is 12.7 Å². The average Bonchev–Trinajstić information content (AvgIpc) is 2.17. The summed E-state index contributed by atoms with van der Waals surface area (Å²) >= 11 is 0. The summed E-state index contributed by atoms with van der Waals surface area (Å²) in [5.74, 6) is -0.830. The first-order chi connectivity index (χ1) is 6.52. The van der Waals surface area contributed by atoms with Crippen LogP contribution < -0.4 is 0 Å². The molecule has 1 amide bonds. The van der Waals surface area contributed by atoms with Gasteiger partial charge in [0.25, 0.3) is 0 Å². The van der Waals surface area contributed by atoms with Crippen molar-refractivity contribution in [2.75, 3.05) is 13.1 Å². The molecule has 0 aromatic heterocycles. The molecule has 0 atom stereocenters. The molecule has 0 bridgehead atoms. The number of amides is 1. The van der Waals surface area contributed by atoms with Crippen LogP contribution in [0.1, 0.15) is 19.8 Å². The van der Waals surface area contributed by atoms with Crippen LogP contribution in [0.25, 0.3) is 0 Å². The molecule has 0 saturated carbocycles. The molecular weight excluding hydrogens is 182 g/mol. The molecule has 0 aliphatic carbocycles. The van der Waals surface area contributed by atoms with Gasteiger partial charge < -0.3 is 10.0 Å². The first-order valence-corrected chi connectivity index (χ1v) is 4.64. The summed E-state index contributed by atoms with van der Waals surface area (Å²) in [6, 6.07) is 0. The molecule has 14 heavy (non-hydrogen) atoms. The molecule has 1 aliphatic heterocycles. The van der Waals surface area contributed by atoms with Gasteiger partial charge in [0.1, 0.15) is 0 Å². The van der Waals surface area contributed by atoms with Crippen LogP contribution in [0.5, 0.6) is 0 Å². The highest BCUT2D eigenvalue weighted by Gasteiger charge is 2.39. The second-order valence-corrected chi connectivity index (χ2v) is 3.67.